The number of carbonyl (C=O) groups is 1. The number of hydrogen-bond acceptors (Lipinski definition) is 3. The van der Waals surface area contributed by atoms with Crippen LogP contribution in [0.15, 0.2) is 4.99 Å². The number of rotatable bonds is 3. The average Bonchev–Trinajstić information content (AvgIpc) is 2.95. The molecule has 2 saturated heterocycles. The Morgan fingerprint density at radius 1 is 1.39 bits per heavy atom. The molecule has 0 aromatic rings. The number of carbonyl (C=O) groups excluding carboxylic acids is 1. The lowest BCUT2D eigenvalue weighted by Crippen LogP contribution is -2.68. The molecule has 1 amide bonds. The van der Waals surface area contributed by atoms with Gasteiger partial charge in [-0.05, 0) is 19.8 Å². The van der Waals surface area contributed by atoms with Crippen LogP contribution in [0.25, 0.3) is 0 Å². The first-order valence-electron chi connectivity index (χ1n) is 8.86. The summed E-state index contributed by atoms with van der Waals surface area (Å²) in [7, 11) is 1.87. The molecule has 4 atom stereocenters. The zero-order valence-corrected chi connectivity index (χ0v) is 14.8. The predicted molar refractivity (Wildman–Crippen MR) is 90.3 cm³/mol. The molecule has 3 fully saturated rings. The maximum absolute atomic E-state index is 11.6. The van der Waals surface area contributed by atoms with E-state index in [0.717, 1.165) is 38.5 Å². The molecule has 0 spiro atoms. The summed E-state index contributed by atoms with van der Waals surface area (Å²) in [6.07, 6.45) is 2.99. The van der Waals surface area contributed by atoms with E-state index in [1.54, 1.807) is 4.90 Å². The zero-order valence-electron chi connectivity index (χ0n) is 14.8. The predicted octanol–water partition coefficient (Wildman–Crippen LogP) is 0.976. The van der Waals surface area contributed by atoms with Crippen LogP contribution in [0.4, 0.5) is 0 Å². The van der Waals surface area contributed by atoms with Crippen molar-refractivity contribution in [2.45, 2.75) is 58.2 Å². The Kier molecular flexibility index (Phi) is 4.54. The fraction of sp³-hybridized carbons (Fsp3) is 0.882. The number of likely N-dealkylation sites (tertiary alicyclic amines) is 1. The second-order valence-electron chi connectivity index (χ2n) is 7.66. The summed E-state index contributed by atoms with van der Waals surface area (Å²) in [5.74, 6) is 1.70. The number of nitrogens with one attached hydrogen (secondary N) is 2. The van der Waals surface area contributed by atoms with Crippen LogP contribution in [0.1, 0.15) is 40.0 Å². The van der Waals surface area contributed by atoms with Gasteiger partial charge in [-0.1, -0.05) is 13.8 Å². The number of fused-ring (bicyclic) bond motifs is 1. The Labute approximate surface area is 139 Å². The van der Waals surface area contributed by atoms with Gasteiger partial charge >= 0.3 is 0 Å². The maximum atomic E-state index is 11.6. The number of piperidine rings is 1. The fourth-order valence-electron chi connectivity index (χ4n) is 4.38. The third-order valence-corrected chi connectivity index (χ3v) is 5.68. The van der Waals surface area contributed by atoms with E-state index in [9.17, 15) is 4.79 Å². The Hall–Kier alpha value is -1.30. The summed E-state index contributed by atoms with van der Waals surface area (Å²) in [5.41, 5.74) is 0.136. The smallest absolute Gasteiger partial charge is 0.222 e. The van der Waals surface area contributed by atoms with Gasteiger partial charge in [-0.25, -0.2) is 0 Å². The van der Waals surface area contributed by atoms with Gasteiger partial charge in [0.15, 0.2) is 5.96 Å². The topological polar surface area (TPSA) is 66.0 Å². The van der Waals surface area contributed by atoms with E-state index in [0.29, 0.717) is 24.5 Å². The molecular formula is C17H30N4O2. The molecule has 0 bridgehead atoms. The Morgan fingerprint density at radius 2 is 2.17 bits per heavy atom. The van der Waals surface area contributed by atoms with Crippen LogP contribution in [0.2, 0.25) is 0 Å². The lowest BCUT2D eigenvalue weighted by Gasteiger charge is -2.55. The van der Waals surface area contributed by atoms with Gasteiger partial charge in [0.1, 0.15) is 0 Å². The van der Waals surface area contributed by atoms with Crippen molar-refractivity contribution in [2.24, 2.45) is 16.3 Å². The van der Waals surface area contributed by atoms with Crippen molar-refractivity contribution in [1.29, 1.82) is 0 Å². The van der Waals surface area contributed by atoms with Gasteiger partial charge in [-0.3, -0.25) is 9.79 Å². The molecule has 2 aliphatic heterocycles. The normalized spacial score (nSPS) is 36.4. The molecule has 1 aliphatic carbocycles. The average molecular weight is 322 g/mol. The van der Waals surface area contributed by atoms with Crippen LogP contribution in [0.3, 0.4) is 0 Å². The van der Waals surface area contributed by atoms with Crippen LogP contribution in [-0.4, -0.2) is 61.7 Å². The van der Waals surface area contributed by atoms with Crippen molar-refractivity contribution in [3.05, 3.63) is 0 Å². The highest BCUT2D eigenvalue weighted by Crippen LogP contribution is 2.52. The minimum atomic E-state index is 0.136. The molecule has 2 N–H and O–H groups in total. The van der Waals surface area contributed by atoms with Crippen LogP contribution in [0, 0.1) is 11.3 Å². The molecule has 0 aromatic carbocycles. The molecular weight excluding hydrogens is 292 g/mol. The van der Waals surface area contributed by atoms with E-state index >= 15 is 0 Å². The molecule has 2 heterocycles. The number of aliphatic imine (C=N–C) groups is 1. The Balaban J connectivity index is 1.61. The third kappa shape index (κ3) is 3.05. The first-order chi connectivity index (χ1) is 10.9. The van der Waals surface area contributed by atoms with Crippen LogP contribution in [0.5, 0.6) is 0 Å². The second kappa shape index (κ2) is 6.30. The number of nitrogens with zero attached hydrogens (tertiary/aromatic N) is 2. The maximum Gasteiger partial charge on any atom is 0.222 e. The highest BCUT2D eigenvalue weighted by atomic mass is 16.5. The molecule has 130 valence electrons. The van der Waals surface area contributed by atoms with Crippen molar-refractivity contribution in [2.75, 3.05) is 26.7 Å². The van der Waals surface area contributed by atoms with Crippen LogP contribution in [-0.2, 0) is 9.53 Å². The quantitative estimate of drug-likeness (QED) is 0.600. The zero-order chi connectivity index (χ0) is 16.6. The number of likely N-dealkylation sites (N-methyl/N-ethyl adjacent to an activating group) is 1. The first-order valence-corrected chi connectivity index (χ1v) is 8.86. The summed E-state index contributed by atoms with van der Waals surface area (Å²) < 4.78 is 5.87. The number of ether oxygens (including phenoxy) is 1. The minimum absolute atomic E-state index is 0.136. The molecule has 6 heteroatoms. The van der Waals surface area contributed by atoms with Crippen molar-refractivity contribution in [1.82, 2.24) is 15.5 Å². The van der Waals surface area contributed by atoms with E-state index in [4.69, 9.17) is 4.74 Å². The number of guanidine groups is 1. The van der Waals surface area contributed by atoms with Crippen LogP contribution < -0.4 is 10.6 Å². The molecule has 0 aromatic heterocycles. The van der Waals surface area contributed by atoms with Crippen molar-refractivity contribution >= 4 is 11.9 Å². The van der Waals surface area contributed by atoms with Gasteiger partial charge in [-0.2, -0.15) is 0 Å². The van der Waals surface area contributed by atoms with E-state index in [-0.39, 0.29) is 17.4 Å². The monoisotopic (exact) mass is 322 g/mol. The molecule has 23 heavy (non-hydrogen) atoms. The molecule has 3 aliphatic rings. The number of hydrogen-bond donors (Lipinski definition) is 2. The SMILES string of the molecule is CCN=C(NC1CCC(=O)N(C)C1)NC1C2CCOC2C1(C)C. The molecule has 1 saturated carbocycles. The third-order valence-electron chi connectivity index (χ3n) is 5.68. The van der Waals surface area contributed by atoms with E-state index in [2.05, 4.69) is 29.5 Å². The molecule has 4 unspecified atom stereocenters. The summed E-state index contributed by atoms with van der Waals surface area (Å²) >= 11 is 0. The molecule has 6 nitrogen and oxygen atoms in total. The van der Waals surface area contributed by atoms with E-state index in [1.165, 1.54) is 0 Å². The van der Waals surface area contributed by atoms with Crippen molar-refractivity contribution in [3.8, 4) is 0 Å². The van der Waals surface area contributed by atoms with Gasteiger partial charge in [0.25, 0.3) is 0 Å². The first kappa shape index (κ1) is 16.6. The highest BCUT2D eigenvalue weighted by molar-refractivity contribution is 5.82. The lowest BCUT2D eigenvalue weighted by atomic mass is 9.57. The van der Waals surface area contributed by atoms with Gasteiger partial charge in [0.05, 0.1) is 6.10 Å². The van der Waals surface area contributed by atoms with Gasteiger partial charge < -0.3 is 20.3 Å². The van der Waals surface area contributed by atoms with Crippen molar-refractivity contribution in [3.63, 3.8) is 0 Å². The minimum Gasteiger partial charge on any atom is -0.377 e. The van der Waals surface area contributed by atoms with Gasteiger partial charge in [-0.15, -0.1) is 0 Å². The summed E-state index contributed by atoms with van der Waals surface area (Å²) in [4.78, 5) is 18.1. The second-order valence-corrected chi connectivity index (χ2v) is 7.66. The molecule has 3 rings (SSSR count). The highest BCUT2D eigenvalue weighted by Gasteiger charge is 2.59. The Bertz CT molecular complexity index is 491. The summed E-state index contributed by atoms with van der Waals surface area (Å²) in [5, 5.41) is 7.17. The van der Waals surface area contributed by atoms with Gasteiger partial charge in [0, 0.05) is 56.6 Å². The van der Waals surface area contributed by atoms with E-state index < -0.39 is 0 Å². The molecule has 0 radical (unpaired) electrons. The number of amides is 1. The Morgan fingerprint density at radius 3 is 2.87 bits per heavy atom. The standard InChI is InChI=1S/C17H30N4O2/c1-5-18-16(19-11-6-7-13(22)21(4)10-11)20-14-12-8-9-23-15(12)17(14,2)3/h11-12,14-15H,5-10H2,1-4H3,(H2,18,19,20). The van der Waals surface area contributed by atoms with E-state index in [1.807, 2.05) is 14.0 Å². The lowest BCUT2D eigenvalue weighted by molar-refractivity contribution is -0.132. The largest absolute Gasteiger partial charge is 0.377 e. The summed E-state index contributed by atoms with van der Waals surface area (Å²) in [6, 6.07) is 0.671. The van der Waals surface area contributed by atoms with Crippen LogP contribution >= 0.6 is 0 Å². The van der Waals surface area contributed by atoms with Gasteiger partial charge in [0.2, 0.25) is 5.91 Å². The summed E-state index contributed by atoms with van der Waals surface area (Å²) in [6.45, 7) is 8.95. The van der Waals surface area contributed by atoms with Crippen molar-refractivity contribution < 1.29 is 9.53 Å². The fourth-order valence-corrected chi connectivity index (χ4v) is 4.38.